The van der Waals surface area contributed by atoms with Gasteiger partial charge in [0.15, 0.2) is 5.16 Å². The summed E-state index contributed by atoms with van der Waals surface area (Å²) < 4.78 is 27.3. The number of rotatable bonds is 7. The number of benzene rings is 1. The van der Waals surface area contributed by atoms with Crippen molar-refractivity contribution in [2.24, 2.45) is 0 Å². The molecular weight excluding hydrogens is 398 g/mol. The number of hydrogen-bond acceptors (Lipinski definition) is 6. The Balaban J connectivity index is 1.66. The summed E-state index contributed by atoms with van der Waals surface area (Å²) >= 11 is 1.34. The van der Waals surface area contributed by atoms with Crippen LogP contribution in [0.1, 0.15) is 31.5 Å². The maximum Gasteiger partial charge on any atom is 0.234 e. The number of aromatic nitrogens is 3. The van der Waals surface area contributed by atoms with Crippen molar-refractivity contribution < 1.29 is 13.2 Å². The topological polar surface area (TPSA) is 97.2 Å². The molecule has 1 aliphatic heterocycles. The molecule has 1 amide bonds. The largest absolute Gasteiger partial charge is 0.325 e. The van der Waals surface area contributed by atoms with E-state index < -0.39 is 10.0 Å². The second-order valence-corrected chi connectivity index (χ2v) is 9.67. The molecule has 28 heavy (non-hydrogen) atoms. The number of carbonyl (C=O) groups excluding carboxylic acids is 1. The summed E-state index contributed by atoms with van der Waals surface area (Å²) in [5.41, 5.74) is 0.758. The summed E-state index contributed by atoms with van der Waals surface area (Å²) in [6, 6.07) is 9.31. The fraction of sp³-hybridized carbons (Fsp3) is 0.500. The molecule has 0 saturated carbocycles. The van der Waals surface area contributed by atoms with Gasteiger partial charge in [-0.15, -0.1) is 10.2 Å². The maximum atomic E-state index is 12.2. The van der Waals surface area contributed by atoms with E-state index in [1.807, 2.05) is 41.8 Å². The first-order valence-corrected chi connectivity index (χ1v) is 12.1. The molecule has 1 fully saturated rings. The van der Waals surface area contributed by atoms with Crippen LogP contribution in [0, 0.1) is 0 Å². The number of thioether (sulfide) groups is 1. The number of nitrogens with one attached hydrogen (secondary N) is 1. The van der Waals surface area contributed by atoms with E-state index in [4.69, 9.17) is 0 Å². The molecule has 1 aromatic heterocycles. The van der Waals surface area contributed by atoms with E-state index in [-0.39, 0.29) is 17.6 Å². The smallest absolute Gasteiger partial charge is 0.234 e. The van der Waals surface area contributed by atoms with Crippen molar-refractivity contribution in [2.45, 2.75) is 37.4 Å². The number of amides is 1. The van der Waals surface area contributed by atoms with E-state index in [0.29, 0.717) is 24.8 Å². The number of piperidine rings is 1. The summed E-state index contributed by atoms with van der Waals surface area (Å²) in [4.78, 5) is 12.2. The molecule has 0 aliphatic carbocycles. The standard InChI is InChI=1S/C18H25N5O3S2/c1-3-23-17(14-8-7-11-22(12-14)28(2,25)26)20-21-18(23)27-13-16(24)19-15-9-5-4-6-10-15/h4-6,9-10,14H,3,7-8,11-13H2,1-2H3,(H,19,24)/t14-/m1/s1. The highest BCUT2D eigenvalue weighted by atomic mass is 32.2. The SMILES string of the molecule is CCn1c(SCC(=O)Nc2ccccc2)nnc1[C@@H]1CCCN(S(C)(=O)=O)C1. The van der Waals surface area contributed by atoms with E-state index in [9.17, 15) is 13.2 Å². The van der Waals surface area contributed by atoms with E-state index >= 15 is 0 Å². The van der Waals surface area contributed by atoms with Gasteiger partial charge < -0.3 is 9.88 Å². The molecule has 3 rings (SSSR count). The van der Waals surface area contributed by atoms with Gasteiger partial charge in [-0.1, -0.05) is 30.0 Å². The van der Waals surface area contributed by atoms with Crippen LogP contribution in [-0.2, 0) is 21.4 Å². The number of para-hydroxylation sites is 1. The Morgan fingerprint density at radius 2 is 2.04 bits per heavy atom. The molecule has 0 spiro atoms. The molecule has 1 atom stereocenters. The second kappa shape index (κ2) is 9.06. The molecule has 0 radical (unpaired) electrons. The molecule has 1 saturated heterocycles. The molecule has 0 unspecified atom stereocenters. The minimum absolute atomic E-state index is 0.0171. The van der Waals surface area contributed by atoms with Gasteiger partial charge in [0.2, 0.25) is 15.9 Å². The molecular formula is C18H25N5O3S2. The summed E-state index contributed by atoms with van der Waals surface area (Å²) in [5.74, 6) is 0.933. The number of nitrogens with zero attached hydrogens (tertiary/aromatic N) is 4. The van der Waals surface area contributed by atoms with E-state index in [1.165, 1.54) is 22.3 Å². The lowest BCUT2D eigenvalue weighted by atomic mass is 9.99. The summed E-state index contributed by atoms with van der Waals surface area (Å²) in [7, 11) is -3.21. The lowest BCUT2D eigenvalue weighted by Gasteiger charge is -2.30. The first-order chi connectivity index (χ1) is 13.4. The van der Waals surface area contributed by atoms with Gasteiger partial charge in [0.05, 0.1) is 12.0 Å². The maximum absolute atomic E-state index is 12.2. The van der Waals surface area contributed by atoms with Gasteiger partial charge in [0, 0.05) is 31.2 Å². The zero-order chi connectivity index (χ0) is 20.1. The first kappa shape index (κ1) is 20.8. The van der Waals surface area contributed by atoms with Crippen molar-refractivity contribution in [3.05, 3.63) is 36.2 Å². The van der Waals surface area contributed by atoms with E-state index in [2.05, 4.69) is 15.5 Å². The lowest BCUT2D eigenvalue weighted by Crippen LogP contribution is -2.39. The Morgan fingerprint density at radius 1 is 1.29 bits per heavy atom. The molecule has 1 aromatic carbocycles. The third kappa shape index (κ3) is 5.12. The van der Waals surface area contributed by atoms with Crippen molar-refractivity contribution in [2.75, 3.05) is 30.4 Å². The van der Waals surface area contributed by atoms with Crippen molar-refractivity contribution >= 4 is 33.4 Å². The first-order valence-electron chi connectivity index (χ1n) is 9.24. The molecule has 2 aromatic rings. The molecule has 8 nitrogen and oxygen atoms in total. The van der Waals surface area contributed by atoms with Gasteiger partial charge in [0.25, 0.3) is 0 Å². The van der Waals surface area contributed by atoms with Gasteiger partial charge >= 0.3 is 0 Å². The average molecular weight is 424 g/mol. The van der Waals surface area contributed by atoms with Crippen LogP contribution >= 0.6 is 11.8 Å². The number of sulfonamides is 1. The highest BCUT2D eigenvalue weighted by Gasteiger charge is 2.30. The predicted molar refractivity (Wildman–Crippen MR) is 110 cm³/mol. The Bertz CT molecular complexity index is 915. The molecule has 1 N–H and O–H groups in total. The average Bonchev–Trinajstić information content (AvgIpc) is 3.09. The highest BCUT2D eigenvalue weighted by molar-refractivity contribution is 7.99. The Labute approximate surface area is 169 Å². The molecule has 10 heteroatoms. The Hall–Kier alpha value is -1.91. The minimum Gasteiger partial charge on any atom is -0.325 e. The van der Waals surface area contributed by atoms with Crippen molar-refractivity contribution in [1.82, 2.24) is 19.1 Å². The van der Waals surface area contributed by atoms with Gasteiger partial charge in [-0.05, 0) is 31.9 Å². The van der Waals surface area contributed by atoms with Crippen LogP contribution in [0.4, 0.5) is 5.69 Å². The molecule has 2 heterocycles. The predicted octanol–water partition coefficient (Wildman–Crippen LogP) is 2.17. The highest BCUT2D eigenvalue weighted by Crippen LogP contribution is 2.29. The molecule has 1 aliphatic rings. The van der Waals surface area contributed by atoms with Gasteiger partial charge in [-0.25, -0.2) is 12.7 Å². The van der Waals surface area contributed by atoms with Crippen molar-refractivity contribution in [3.8, 4) is 0 Å². The summed E-state index contributed by atoms with van der Waals surface area (Å²) in [5, 5.41) is 12.1. The fourth-order valence-corrected chi connectivity index (χ4v) is 5.03. The summed E-state index contributed by atoms with van der Waals surface area (Å²) in [6.07, 6.45) is 2.92. The third-order valence-electron chi connectivity index (χ3n) is 4.67. The molecule has 0 bridgehead atoms. The van der Waals surface area contributed by atoms with Gasteiger partial charge in [-0.2, -0.15) is 0 Å². The monoisotopic (exact) mass is 423 g/mol. The van der Waals surface area contributed by atoms with Crippen LogP contribution in [0.15, 0.2) is 35.5 Å². The zero-order valence-corrected chi connectivity index (χ0v) is 17.7. The van der Waals surface area contributed by atoms with E-state index in [0.717, 1.165) is 24.4 Å². The van der Waals surface area contributed by atoms with Crippen molar-refractivity contribution in [3.63, 3.8) is 0 Å². The second-order valence-electron chi connectivity index (χ2n) is 6.75. The van der Waals surface area contributed by atoms with E-state index in [1.54, 1.807) is 0 Å². The lowest BCUT2D eigenvalue weighted by molar-refractivity contribution is -0.113. The van der Waals surface area contributed by atoms with Crippen LogP contribution in [-0.4, -0.2) is 58.5 Å². The zero-order valence-electron chi connectivity index (χ0n) is 16.0. The normalized spacial score (nSPS) is 18.1. The van der Waals surface area contributed by atoms with Crippen LogP contribution in [0.25, 0.3) is 0 Å². The number of hydrogen-bond donors (Lipinski definition) is 1. The van der Waals surface area contributed by atoms with Crippen LogP contribution in [0.3, 0.4) is 0 Å². The fourth-order valence-electron chi connectivity index (χ4n) is 3.31. The van der Waals surface area contributed by atoms with Gasteiger partial charge in [0.1, 0.15) is 5.82 Å². The summed E-state index contributed by atoms with van der Waals surface area (Å²) in [6.45, 7) is 3.64. The third-order valence-corrected chi connectivity index (χ3v) is 6.91. The Kier molecular flexibility index (Phi) is 6.73. The van der Waals surface area contributed by atoms with Gasteiger partial charge in [-0.3, -0.25) is 4.79 Å². The number of anilines is 1. The van der Waals surface area contributed by atoms with Crippen LogP contribution in [0.2, 0.25) is 0 Å². The molecule has 152 valence electrons. The number of carbonyl (C=O) groups is 1. The quantitative estimate of drug-likeness (QED) is 0.686. The minimum atomic E-state index is -3.21. The van der Waals surface area contributed by atoms with Crippen molar-refractivity contribution in [1.29, 1.82) is 0 Å². The Morgan fingerprint density at radius 3 is 2.71 bits per heavy atom. The van der Waals surface area contributed by atoms with Crippen LogP contribution in [0.5, 0.6) is 0 Å². The van der Waals surface area contributed by atoms with Crippen LogP contribution < -0.4 is 5.32 Å².